The summed E-state index contributed by atoms with van der Waals surface area (Å²) in [6, 6.07) is 5.10. The minimum atomic E-state index is -1.08. The van der Waals surface area contributed by atoms with Crippen LogP contribution in [0.3, 0.4) is 0 Å². The maximum absolute atomic E-state index is 10.9. The van der Waals surface area contributed by atoms with E-state index in [1.54, 1.807) is 18.2 Å². The van der Waals surface area contributed by atoms with Crippen LogP contribution in [0.2, 0.25) is 0 Å². The van der Waals surface area contributed by atoms with Gasteiger partial charge in [0.05, 0.1) is 24.9 Å². The first kappa shape index (κ1) is 17.0. The predicted octanol–water partition coefficient (Wildman–Crippen LogP) is 0.551. The van der Waals surface area contributed by atoms with Crippen LogP contribution < -0.4 is 9.47 Å². The van der Waals surface area contributed by atoms with Crippen molar-refractivity contribution in [3.05, 3.63) is 23.8 Å². The van der Waals surface area contributed by atoms with E-state index in [1.807, 2.05) is 0 Å². The zero-order valence-corrected chi connectivity index (χ0v) is 12.6. The minimum Gasteiger partial charge on any atom is -0.491 e. The van der Waals surface area contributed by atoms with Crippen LogP contribution in [0.4, 0.5) is 0 Å². The average Bonchev–Trinajstić information content (AvgIpc) is 2.54. The Morgan fingerprint density at radius 3 is 2.32 bits per heavy atom. The number of hydrogen-bond acceptors (Lipinski definition) is 6. The van der Waals surface area contributed by atoms with Crippen molar-refractivity contribution >= 4 is 0 Å². The van der Waals surface area contributed by atoms with E-state index >= 15 is 0 Å². The third-order valence-electron chi connectivity index (χ3n) is 3.94. The highest BCUT2D eigenvalue weighted by atomic mass is 16.5. The third kappa shape index (κ3) is 4.10. The van der Waals surface area contributed by atoms with Gasteiger partial charge in [0.2, 0.25) is 0 Å². The average molecular weight is 312 g/mol. The number of rotatable bonds is 7. The van der Waals surface area contributed by atoms with Crippen molar-refractivity contribution in [2.24, 2.45) is 0 Å². The van der Waals surface area contributed by atoms with Crippen LogP contribution in [0.15, 0.2) is 18.2 Å². The third-order valence-corrected chi connectivity index (χ3v) is 3.94. The fourth-order valence-corrected chi connectivity index (χ4v) is 2.76. The molecule has 0 saturated heterocycles. The zero-order chi connectivity index (χ0) is 16.0. The molecule has 22 heavy (non-hydrogen) atoms. The Hall–Kier alpha value is -1.34. The van der Waals surface area contributed by atoms with Gasteiger partial charge in [-0.05, 0) is 43.9 Å². The van der Waals surface area contributed by atoms with Crippen molar-refractivity contribution in [1.82, 2.24) is 0 Å². The first-order chi connectivity index (χ1) is 10.6. The minimum absolute atomic E-state index is 0.0887. The van der Waals surface area contributed by atoms with Gasteiger partial charge in [-0.25, -0.2) is 0 Å². The lowest BCUT2D eigenvalue weighted by Crippen LogP contribution is -2.33. The molecule has 0 aromatic heterocycles. The maximum atomic E-state index is 10.9. The molecule has 1 aliphatic carbocycles. The second kappa shape index (κ2) is 7.78. The van der Waals surface area contributed by atoms with Crippen molar-refractivity contribution in [3.63, 3.8) is 0 Å². The van der Waals surface area contributed by atoms with Crippen molar-refractivity contribution in [2.45, 2.75) is 37.4 Å². The highest BCUT2D eigenvalue weighted by Gasteiger charge is 2.36. The molecule has 1 aromatic carbocycles. The molecule has 6 heteroatoms. The van der Waals surface area contributed by atoms with E-state index < -0.39 is 5.60 Å². The van der Waals surface area contributed by atoms with Crippen molar-refractivity contribution in [1.29, 1.82) is 0 Å². The molecule has 1 aromatic rings. The number of hydrogen-bond donors (Lipinski definition) is 4. The van der Waals surface area contributed by atoms with Gasteiger partial charge in [0, 0.05) is 5.56 Å². The molecule has 0 heterocycles. The molecule has 0 bridgehead atoms. The topological polar surface area (TPSA) is 99.4 Å². The van der Waals surface area contributed by atoms with Gasteiger partial charge < -0.3 is 29.9 Å². The van der Waals surface area contributed by atoms with Crippen molar-refractivity contribution in [2.75, 3.05) is 26.4 Å². The van der Waals surface area contributed by atoms with Gasteiger partial charge in [0.15, 0.2) is 0 Å². The number of aliphatic hydroxyl groups is 4. The first-order valence-electron chi connectivity index (χ1n) is 7.61. The van der Waals surface area contributed by atoms with Crippen LogP contribution in [0.1, 0.15) is 31.2 Å². The Balaban J connectivity index is 2.27. The van der Waals surface area contributed by atoms with E-state index in [0.29, 0.717) is 42.7 Å². The quantitative estimate of drug-likeness (QED) is 0.587. The van der Waals surface area contributed by atoms with Crippen LogP contribution in [0.5, 0.6) is 11.5 Å². The molecular formula is C16H24O6. The summed E-state index contributed by atoms with van der Waals surface area (Å²) < 4.78 is 10.9. The molecule has 0 spiro atoms. The molecule has 1 fully saturated rings. The summed E-state index contributed by atoms with van der Waals surface area (Å²) in [5.74, 6) is 1.05. The summed E-state index contributed by atoms with van der Waals surface area (Å²) in [4.78, 5) is 0. The van der Waals surface area contributed by atoms with Crippen LogP contribution >= 0.6 is 0 Å². The zero-order valence-electron chi connectivity index (χ0n) is 12.6. The molecule has 1 saturated carbocycles. The summed E-state index contributed by atoms with van der Waals surface area (Å²) in [5.41, 5.74) is -0.480. The fraction of sp³-hybridized carbons (Fsp3) is 0.625. The van der Waals surface area contributed by atoms with Crippen molar-refractivity contribution < 1.29 is 29.9 Å². The Morgan fingerprint density at radius 1 is 1.05 bits per heavy atom. The standard InChI is InChI=1S/C16H24O6/c17-7-9-21-13-1-2-15(22-10-8-18)14(11-13)16(20)5-3-12(19)4-6-16/h1-2,11-12,17-20H,3-10H2. The monoisotopic (exact) mass is 312 g/mol. The molecule has 4 N–H and O–H groups in total. The summed E-state index contributed by atoms with van der Waals surface area (Å²) >= 11 is 0. The smallest absolute Gasteiger partial charge is 0.125 e. The Kier molecular flexibility index (Phi) is 6.02. The van der Waals surface area contributed by atoms with Gasteiger partial charge in [-0.15, -0.1) is 0 Å². The van der Waals surface area contributed by atoms with Gasteiger partial charge in [-0.3, -0.25) is 0 Å². The van der Waals surface area contributed by atoms with Crippen LogP contribution in [0.25, 0.3) is 0 Å². The molecule has 0 atom stereocenters. The Morgan fingerprint density at radius 2 is 1.68 bits per heavy atom. The normalized spacial score (nSPS) is 25.0. The highest BCUT2D eigenvalue weighted by molar-refractivity contribution is 5.44. The molecular weight excluding hydrogens is 288 g/mol. The molecule has 0 aliphatic heterocycles. The Bertz CT molecular complexity index is 468. The van der Waals surface area contributed by atoms with E-state index in [0.717, 1.165) is 0 Å². The van der Waals surface area contributed by atoms with Gasteiger partial charge in [-0.2, -0.15) is 0 Å². The second-order valence-corrected chi connectivity index (χ2v) is 5.56. The van der Waals surface area contributed by atoms with Crippen LogP contribution in [-0.2, 0) is 5.60 Å². The van der Waals surface area contributed by atoms with E-state index in [2.05, 4.69) is 0 Å². The largest absolute Gasteiger partial charge is 0.491 e. The molecule has 0 amide bonds. The molecule has 2 rings (SSSR count). The number of ether oxygens (including phenoxy) is 2. The lowest BCUT2D eigenvalue weighted by Gasteiger charge is -2.35. The summed E-state index contributed by atoms with van der Waals surface area (Å²) in [6.07, 6.45) is 1.55. The maximum Gasteiger partial charge on any atom is 0.125 e. The molecule has 124 valence electrons. The lowest BCUT2D eigenvalue weighted by atomic mass is 9.78. The second-order valence-electron chi connectivity index (χ2n) is 5.56. The van der Waals surface area contributed by atoms with Crippen LogP contribution in [-0.4, -0.2) is 53.0 Å². The highest BCUT2D eigenvalue weighted by Crippen LogP contribution is 2.42. The summed E-state index contributed by atoms with van der Waals surface area (Å²) in [7, 11) is 0. The lowest BCUT2D eigenvalue weighted by molar-refractivity contribution is -0.0380. The molecule has 0 unspecified atom stereocenters. The fourth-order valence-electron chi connectivity index (χ4n) is 2.76. The molecule has 1 aliphatic rings. The number of aliphatic hydroxyl groups excluding tert-OH is 3. The number of benzene rings is 1. The van der Waals surface area contributed by atoms with Gasteiger partial charge in [-0.1, -0.05) is 0 Å². The van der Waals surface area contributed by atoms with E-state index in [1.165, 1.54) is 0 Å². The van der Waals surface area contributed by atoms with Gasteiger partial charge in [0.25, 0.3) is 0 Å². The molecule has 6 nitrogen and oxygen atoms in total. The van der Waals surface area contributed by atoms with E-state index in [9.17, 15) is 10.2 Å². The van der Waals surface area contributed by atoms with Crippen LogP contribution in [0, 0.1) is 0 Å². The Labute approximate surface area is 129 Å². The molecule has 0 radical (unpaired) electrons. The summed E-state index contributed by atoms with van der Waals surface area (Å²) in [6.45, 7) is 0.115. The summed E-state index contributed by atoms with van der Waals surface area (Å²) in [5, 5.41) is 38.3. The SMILES string of the molecule is OCCOc1ccc(OCCO)c(C2(O)CCC(O)CC2)c1. The predicted molar refractivity (Wildman–Crippen MR) is 80.0 cm³/mol. The first-order valence-corrected chi connectivity index (χ1v) is 7.61. The van der Waals surface area contributed by atoms with E-state index in [4.69, 9.17) is 19.7 Å². The van der Waals surface area contributed by atoms with E-state index in [-0.39, 0.29) is 32.5 Å². The van der Waals surface area contributed by atoms with Gasteiger partial charge in [0.1, 0.15) is 24.7 Å². The van der Waals surface area contributed by atoms with Crippen molar-refractivity contribution in [3.8, 4) is 11.5 Å². The van der Waals surface area contributed by atoms with Gasteiger partial charge >= 0.3 is 0 Å².